The largest absolute Gasteiger partial charge is 0.502 e. The van der Waals surface area contributed by atoms with Gasteiger partial charge < -0.3 is 19.9 Å². The van der Waals surface area contributed by atoms with Crippen LogP contribution in [-0.4, -0.2) is 52.9 Å². The number of imide groups is 2. The number of carbonyl (C=O) groups excluding carboxylic acids is 4. The molecule has 4 amide bonds. The first-order chi connectivity index (χ1) is 30.2. The SMILES string of the molecule is COc1cc([C@H]2C3=CC[C@@H]4C(=O)N(c5ccc(Nc6ccccc6)cc5)C(=O)[C@@H]4[C@@H]3C[C@H]3C(=O)N(Nc4ncc(C(F)(F)F)cc4Cl)C(=O)[C@@]23c2ccc(Cl)cc2)cc(OC)c1O. The number of nitrogens with zero attached hydrogens (tertiary/aromatic N) is 3. The lowest BCUT2D eigenvalue weighted by molar-refractivity contribution is -0.139. The highest BCUT2D eigenvalue weighted by Crippen LogP contribution is 2.65. The van der Waals surface area contributed by atoms with Crippen molar-refractivity contribution in [1.29, 1.82) is 0 Å². The molecule has 4 aliphatic rings. The molecular formula is C46H36Cl2F3N5O7. The van der Waals surface area contributed by atoms with Gasteiger partial charge >= 0.3 is 6.18 Å². The zero-order valence-electron chi connectivity index (χ0n) is 33.3. The Morgan fingerprint density at radius 2 is 1.48 bits per heavy atom. The van der Waals surface area contributed by atoms with E-state index in [1.54, 1.807) is 48.5 Å². The number of hydrogen-bond acceptors (Lipinski definition) is 10. The van der Waals surface area contributed by atoms with Gasteiger partial charge in [0.05, 0.1) is 53.7 Å². The number of aromatic nitrogens is 1. The van der Waals surface area contributed by atoms with Crippen LogP contribution < -0.4 is 25.1 Å². The van der Waals surface area contributed by atoms with Gasteiger partial charge in [0.15, 0.2) is 17.3 Å². The van der Waals surface area contributed by atoms with Gasteiger partial charge in [-0.2, -0.15) is 18.2 Å². The van der Waals surface area contributed by atoms with Gasteiger partial charge in [-0.05, 0) is 96.6 Å². The molecule has 1 aromatic heterocycles. The first kappa shape index (κ1) is 41.8. The highest BCUT2D eigenvalue weighted by Gasteiger charge is 2.70. The fourth-order valence-corrected chi connectivity index (χ4v) is 10.2. The van der Waals surface area contributed by atoms with Gasteiger partial charge in [0.2, 0.25) is 17.6 Å². The molecule has 5 aromatic rings. The molecule has 17 heteroatoms. The predicted octanol–water partition coefficient (Wildman–Crippen LogP) is 9.06. The number of ether oxygens (including phenoxy) is 2. The molecule has 9 rings (SSSR count). The number of alkyl halides is 3. The predicted molar refractivity (Wildman–Crippen MR) is 227 cm³/mol. The van der Waals surface area contributed by atoms with E-state index in [0.717, 1.165) is 11.4 Å². The van der Waals surface area contributed by atoms with Crippen LogP contribution in [0.3, 0.4) is 0 Å². The average molecular weight is 899 g/mol. The van der Waals surface area contributed by atoms with Gasteiger partial charge in [0, 0.05) is 28.5 Å². The fraction of sp³-hybridized carbons (Fsp3) is 0.239. The van der Waals surface area contributed by atoms with Crippen LogP contribution in [0, 0.1) is 23.7 Å². The number of amides is 4. The van der Waals surface area contributed by atoms with E-state index in [1.165, 1.54) is 31.3 Å². The van der Waals surface area contributed by atoms with Crippen LogP contribution in [0.2, 0.25) is 10.0 Å². The summed E-state index contributed by atoms with van der Waals surface area (Å²) >= 11 is 12.7. The summed E-state index contributed by atoms with van der Waals surface area (Å²) < 4.78 is 51.9. The zero-order valence-corrected chi connectivity index (χ0v) is 34.8. The number of para-hydroxylation sites is 1. The standard InChI is InChI=1S/C46H36Cl2F3N5O7/c1-62-35-18-23(19-36(63-2)39(35)57)38-30-16-17-31-37(43(60)55(41(31)58)29-14-12-28(13-15-29)53-27-6-4-3-5-7-27)32(30)21-33-42(59)56(44(61)45(33,38)24-8-10-26(47)11-9-24)54-40-34(48)20-25(22-52-40)46(49,50)51/h3-16,18-20,22,31-33,37-38,53,57H,17,21H2,1-2H3,(H,52,54)/t31-,32+,33-,37-,38-,45+/m0/s1. The zero-order chi connectivity index (χ0) is 44.5. The van der Waals surface area contributed by atoms with Crippen LogP contribution in [0.5, 0.6) is 17.2 Å². The van der Waals surface area contributed by atoms with Crippen molar-refractivity contribution in [3.63, 3.8) is 0 Å². The van der Waals surface area contributed by atoms with Crippen LogP contribution in [0.25, 0.3) is 0 Å². The number of aromatic hydroxyl groups is 1. The second-order valence-electron chi connectivity index (χ2n) is 15.7. The Hall–Kier alpha value is -6.58. The second-order valence-corrected chi connectivity index (χ2v) is 16.6. The molecule has 0 spiro atoms. The Labute approximate surface area is 368 Å². The summed E-state index contributed by atoms with van der Waals surface area (Å²) in [6.45, 7) is 0. The van der Waals surface area contributed by atoms with Crippen LogP contribution >= 0.6 is 23.2 Å². The van der Waals surface area contributed by atoms with Crippen molar-refractivity contribution in [2.75, 3.05) is 29.9 Å². The number of benzene rings is 4. The van der Waals surface area contributed by atoms with E-state index in [9.17, 15) is 27.9 Å². The number of halogens is 5. The summed E-state index contributed by atoms with van der Waals surface area (Å²) in [7, 11) is 2.67. The number of phenols is 1. The molecule has 12 nitrogen and oxygen atoms in total. The quantitative estimate of drug-likeness (QED) is 0.0966. The van der Waals surface area contributed by atoms with Crippen LogP contribution in [0.15, 0.2) is 115 Å². The van der Waals surface area contributed by atoms with Crippen molar-refractivity contribution in [3.8, 4) is 17.2 Å². The second kappa shape index (κ2) is 15.6. The molecule has 2 aliphatic carbocycles. The van der Waals surface area contributed by atoms with Gasteiger partial charge in [-0.3, -0.25) is 29.5 Å². The summed E-state index contributed by atoms with van der Waals surface area (Å²) in [5.74, 6) is -8.14. The monoisotopic (exact) mass is 897 g/mol. The third-order valence-corrected chi connectivity index (χ3v) is 13.1. The number of hydrazine groups is 1. The van der Waals surface area contributed by atoms with Gasteiger partial charge in [0.1, 0.15) is 0 Å². The molecular weight excluding hydrogens is 862 g/mol. The minimum atomic E-state index is -4.78. The number of allylic oxidation sites excluding steroid dienone is 2. The molecule has 0 bridgehead atoms. The summed E-state index contributed by atoms with van der Waals surface area (Å²) in [6, 6.07) is 26.4. The van der Waals surface area contributed by atoms with Crippen LogP contribution in [0.4, 0.5) is 36.1 Å². The molecule has 3 N–H and O–H groups in total. The number of carbonyl (C=O) groups is 4. The maximum atomic E-state index is 15.5. The number of phenolic OH excluding ortho intramolecular Hbond substituents is 1. The van der Waals surface area contributed by atoms with Gasteiger partial charge in [-0.1, -0.05) is 65.2 Å². The molecule has 6 atom stereocenters. The molecule has 63 heavy (non-hydrogen) atoms. The molecule has 4 aromatic carbocycles. The van der Waals surface area contributed by atoms with Crippen molar-refractivity contribution in [1.82, 2.24) is 9.99 Å². The Balaban J connectivity index is 1.18. The third-order valence-electron chi connectivity index (χ3n) is 12.6. The number of nitrogens with one attached hydrogen (secondary N) is 2. The number of methoxy groups -OCH3 is 2. The van der Waals surface area contributed by atoms with Crippen molar-refractivity contribution in [2.45, 2.75) is 30.4 Å². The maximum absolute atomic E-state index is 15.5. The lowest BCUT2D eigenvalue weighted by atomic mass is 9.49. The van der Waals surface area contributed by atoms with Gasteiger partial charge in [-0.25, -0.2) is 4.98 Å². The summed E-state index contributed by atoms with van der Waals surface area (Å²) in [6.07, 6.45) is -2.38. The first-order valence-electron chi connectivity index (χ1n) is 19.8. The Morgan fingerprint density at radius 1 is 0.825 bits per heavy atom. The van der Waals surface area contributed by atoms with E-state index in [-0.39, 0.29) is 30.1 Å². The summed E-state index contributed by atoms with van der Waals surface area (Å²) in [5, 5.41) is 14.9. The summed E-state index contributed by atoms with van der Waals surface area (Å²) in [5.41, 5.74) is 2.88. The topological polar surface area (TPSA) is 150 Å². The molecule has 1 saturated carbocycles. The van der Waals surface area contributed by atoms with E-state index in [1.807, 2.05) is 36.4 Å². The Bertz CT molecular complexity index is 2690. The molecule has 2 saturated heterocycles. The molecule has 322 valence electrons. The Morgan fingerprint density at radius 3 is 2.10 bits per heavy atom. The van der Waals surface area contributed by atoms with Gasteiger partial charge in [-0.15, -0.1) is 0 Å². The minimum Gasteiger partial charge on any atom is -0.502 e. The summed E-state index contributed by atoms with van der Waals surface area (Å²) in [4.78, 5) is 64.8. The number of hydrogen-bond donors (Lipinski definition) is 3. The van der Waals surface area contributed by atoms with Crippen molar-refractivity contribution >= 4 is 69.7 Å². The van der Waals surface area contributed by atoms with Crippen molar-refractivity contribution < 1.29 is 46.9 Å². The van der Waals surface area contributed by atoms with Crippen LogP contribution in [0.1, 0.15) is 35.4 Å². The van der Waals surface area contributed by atoms with E-state index >= 15 is 9.59 Å². The first-order valence-corrected chi connectivity index (χ1v) is 20.5. The lowest BCUT2D eigenvalue weighted by Crippen LogP contribution is -2.53. The number of anilines is 4. The number of pyridine rings is 1. The van der Waals surface area contributed by atoms with E-state index in [0.29, 0.717) is 44.7 Å². The van der Waals surface area contributed by atoms with Crippen LogP contribution in [-0.2, 0) is 30.8 Å². The van der Waals surface area contributed by atoms with E-state index < -0.39 is 81.2 Å². The highest BCUT2D eigenvalue weighted by atomic mass is 35.5. The number of fused-ring (bicyclic) bond motifs is 4. The Kier molecular flexibility index (Phi) is 10.4. The molecule has 2 aliphatic heterocycles. The van der Waals surface area contributed by atoms with Gasteiger partial charge in [0.25, 0.3) is 11.8 Å². The van der Waals surface area contributed by atoms with E-state index in [4.69, 9.17) is 32.7 Å². The fourth-order valence-electron chi connectivity index (χ4n) is 9.87. The smallest absolute Gasteiger partial charge is 0.417 e. The molecule has 3 fully saturated rings. The lowest BCUT2D eigenvalue weighted by Gasteiger charge is -2.50. The average Bonchev–Trinajstić information content (AvgIpc) is 3.65. The third kappa shape index (κ3) is 6.72. The molecule has 3 heterocycles. The minimum absolute atomic E-state index is 0.0143. The van der Waals surface area contributed by atoms with Crippen molar-refractivity contribution in [2.24, 2.45) is 23.7 Å². The van der Waals surface area contributed by atoms with E-state index in [2.05, 4.69) is 15.7 Å². The highest BCUT2D eigenvalue weighted by molar-refractivity contribution is 6.33. The maximum Gasteiger partial charge on any atom is 0.417 e. The molecule has 0 unspecified atom stereocenters. The molecule has 0 radical (unpaired) electrons. The van der Waals surface area contributed by atoms with Crippen molar-refractivity contribution in [3.05, 3.63) is 142 Å². The normalized spacial score (nSPS) is 24.1. The number of rotatable bonds is 9.